The molecule has 2 aromatic heterocycles. The molecule has 0 aliphatic rings. The fourth-order valence-electron chi connectivity index (χ4n) is 1.76. The Kier molecular flexibility index (Phi) is 4.56. The Balaban J connectivity index is 2.28. The van der Waals surface area contributed by atoms with Crippen molar-refractivity contribution in [3.8, 4) is 6.01 Å². The minimum atomic E-state index is -0.00476. The third kappa shape index (κ3) is 4.04. The zero-order valence-electron chi connectivity index (χ0n) is 13.0. The first-order chi connectivity index (χ1) is 9.97. The van der Waals surface area contributed by atoms with Gasteiger partial charge in [-0.1, -0.05) is 0 Å². The highest BCUT2D eigenvalue weighted by Gasteiger charge is 2.11. The predicted octanol–water partition coefficient (Wildman–Crippen LogP) is 1.88. The quantitative estimate of drug-likeness (QED) is 0.839. The van der Waals surface area contributed by atoms with E-state index in [0.29, 0.717) is 17.9 Å². The Morgan fingerprint density at radius 2 is 1.95 bits per heavy atom. The Hall–Kier alpha value is -2.38. The number of rotatable bonds is 6. The molecule has 0 aromatic carbocycles. The Morgan fingerprint density at radius 1 is 1.24 bits per heavy atom. The first-order valence-corrected chi connectivity index (χ1v) is 6.91. The van der Waals surface area contributed by atoms with Crippen LogP contribution in [0.5, 0.6) is 6.01 Å². The third-order valence-corrected chi connectivity index (χ3v) is 2.55. The van der Waals surface area contributed by atoms with Crippen molar-refractivity contribution in [2.75, 3.05) is 17.2 Å². The molecule has 0 spiro atoms. The number of aryl methyl sites for hydroxylation is 2. The number of hydrogen-bond donors (Lipinski definition) is 2. The second-order valence-corrected chi connectivity index (χ2v) is 4.89. The van der Waals surface area contributed by atoms with Gasteiger partial charge < -0.3 is 15.4 Å². The van der Waals surface area contributed by atoms with Crippen LogP contribution in [-0.2, 0) is 7.05 Å². The van der Waals surface area contributed by atoms with Crippen molar-refractivity contribution in [3.63, 3.8) is 0 Å². The van der Waals surface area contributed by atoms with E-state index in [1.165, 1.54) is 0 Å². The molecule has 2 heterocycles. The summed E-state index contributed by atoms with van der Waals surface area (Å²) in [6.07, 6.45) is 1.87. The van der Waals surface area contributed by atoms with Gasteiger partial charge in [0.05, 0.1) is 17.5 Å². The highest BCUT2D eigenvalue weighted by atomic mass is 16.5. The molecule has 0 fully saturated rings. The predicted molar refractivity (Wildman–Crippen MR) is 81.0 cm³/mol. The average molecular weight is 291 g/mol. The van der Waals surface area contributed by atoms with Gasteiger partial charge in [0.25, 0.3) is 0 Å². The molecule has 0 radical (unpaired) electrons. The zero-order chi connectivity index (χ0) is 15.4. The maximum Gasteiger partial charge on any atom is 0.323 e. The van der Waals surface area contributed by atoms with Crippen LogP contribution in [0.1, 0.15) is 26.5 Å². The van der Waals surface area contributed by atoms with Crippen LogP contribution < -0.4 is 15.4 Å². The molecule has 2 rings (SSSR count). The maximum atomic E-state index is 5.55. The van der Waals surface area contributed by atoms with Crippen LogP contribution in [0.4, 0.5) is 17.6 Å². The molecule has 21 heavy (non-hydrogen) atoms. The molecule has 0 bridgehead atoms. The van der Waals surface area contributed by atoms with Gasteiger partial charge in [-0.2, -0.15) is 20.1 Å². The summed E-state index contributed by atoms with van der Waals surface area (Å²) in [5.74, 6) is 0.903. The zero-order valence-corrected chi connectivity index (χ0v) is 13.0. The van der Waals surface area contributed by atoms with Gasteiger partial charge in [0, 0.05) is 19.8 Å². The van der Waals surface area contributed by atoms with Crippen molar-refractivity contribution in [1.82, 2.24) is 24.7 Å². The van der Waals surface area contributed by atoms with E-state index in [-0.39, 0.29) is 6.10 Å². The van der Waals surface area contributed by atoms with Gasteiger partial charge in [-0.05, 0) is 27.7 Å². The van der Waals surface area contributed by atoms with Crippen LogP contribution in [0.2, 0.25) is 0 Å². The van der Waals surface area contributed by atoms with Gasteiger partial charge in [0.2, 0.25) is 11.9 Å². The number of nitrogens with zero attached hydrogens (tertiary/aromatic N) is 5. The molecule has 8 nitrogen and oxygen atoms in total. The standard InChI is InChI=1S/C13H21N7O/c1-6-14-11-16-12(18-13(17-11)21-8(2)3)15-10-7-20(5)19-9(10)4/h7-8H,6H2,1-5H3,(H2,14,15,16,17,18). The number of anilines is 3. The number of aromatic nitrogens is 5. The van der Waals surface area contributed by atoms with Crippen molar-refractivity contribution in [1.29, 1.82) is 0 Å². The highest BCUT2D eigenvalue weighted by molar-refractivity contribution is 5.56. The summed E-state index contributed by atoms with van der Waals surface area (Å²) in [6, 6.07) is 0.292. The number of hydrogen-bond acceptors (Lipinski definition) is 7. The van der Waals surface area contributed by atoms with Gasteiger partial charge in [-0.25, -0.2) is 0 Å². The van der Waals surface area contributed by atoms with Crippen molar-refractivity contribution in [3.05, 3.63) is 11.9 Å². The lowest BCUT2D eigenvalue weighted by Crippen LogP contribution is -2.12. The second-order valence-electron chi connectivity index (χ2n) is 4.89. The largest absolute Gasteiger partial charge is 0.461 e. The van der Waals surface area contributed by atoms with E-state index in [0.717, 1.165) is 17.9 Å². The normalized spacial score (nSPS) is 10.8. The van der Waals surface area contributed by atoms with E-state index in [1.807, 2.05) is 40.9 Å². The van der Waals surface area contributed by atoms with Crippen LogP contribution in [0.15, 0.2) is 6.20 Å². The third-order valence-electron chi connectivity index (χ3n) is 2.55. The van der Waals surface area contributed by atoms with Crippen LogP contribution >= 0.6 is 0 Å². The number of nitrogens with one attached hydrogen (secondary N) is 2. The molecule has 0 unspecified atom stereocenters. The molecule has 2 aromatic rings. The molecule has 2 N–H and O–H groups in total. The topological polar surface area (TPSA) is 89.8 Å². The summed E-state index contributed by atoms with van der Waals surface area (Å²) in [6.45, 7) is 8.46. The molecule has 0 saturated carbocycles. The van der Waals surface area contributed by atoms with Crippen LogP contribution in [0, 0.1) is 6.92 Å². The monoisotopic (exact) mass is 291 g/mol. The Bertz CT molecular complexity index is 609. The first-order valence-electron chi connectivity index (χ1n) is 6.91. The van der Waals surface area contributed by atoms with Crippen LogP contribution in [-0.4, -0.2) is 37.4 Å². The molecule has 0 aliphatic heterocycles. The van der Waals surface area contributed by atoms with Gasteiger partial charge in [-0.3, -0.25) is 4.68 Å². The van der Waals surface area contributed by atoms with E-state index in [9.17, 15) is 0 Å². The van der Waals surface area contributed by atoms with Crippen LogP contribution in [0.25, 0.3) is 0 Å². The Labute approximate surface area is 124 Å². The summed E-state index contributed by atoms with van der Waals surface area (Å²) in [5, 5.41) is 10.5. The van der Waals surface area contributed by atoms with Crippen molar-refractivity contribution >= 4 is 17.6 Å². The highest BCUT2D eigenvalue weighted by Crippen LogP contribution is 2.19. The van der Waals surface area contributed by atoms with Crippen molar-refractivity contribution in [2.45, 2.75) is 33.8 Å². The SMILES string of the molecule is CCNc1nc(Nc2cn(C)nc2C)nc(OC(C)C)n1. The van der Waals surface area contributed by atoms with E-state index in [2.05, 4.69) is 30.7 Å². The minimum Gasteiger partial charge on any atom is -0.461 e. The average Bonchev–Trinajstić information content (AvgIpc) is 2.67. The molecule has 0 atom stereocenters. The minimum absolute atomic E-state index is 0.00476. The summed E-state index contributed by atoms with van der Waals surface area (Å²) in [5.41, 5.74) is 1.72. The van der Waals surface area contributed by atoms with Crippen molar-refractivity contribution in [2.24, 2.45) is 7.05 Å². The molecule has 114 valence electrons. The summed E-state index contributed by atoms with van der Waals surface area (Å²) in [7, 11) is 1.86. The molecule has 0 saturated heterocycles. The summed E-state index contributed by atoms with van der Waals surface area (Å²) < 4.78 is 7.28. The van der Waals surface area contributed by atoms with Crippen LogP contribution in [0.3, 0.4) is 0 Å². The molecular weight excluding hydrogens is 270 g/mol. The Morgan fingerprint density at radius 3 is 2.52 bits per heavy atom. The fourth-order valence-corrected chi connectivity index (χ4v) is 1.76. The molecule has 0 aliphatic carbocycles. The molecule has 8 heteroatoms. The summed E-state index contributed by atoms with van der Waals surface area (Å²) in [4.78, 5) is 12.8. The van der Waals surface area contributed by atoms with E-state index < -0.39 is 0 Å². The van der Waals surface area contributed by atoms with E-state index in [4.69, 9.17) is 4.74 Å². The molecular formula is C13H21N7O. The van der Waals surface area contributed by atoms with Gasteiger partial charge in [0.1, 0.15) is 0 Å². The summed E-state index contributed by atoms with van der Waals surface area (Å²) >= 11 is 0. The maximum absolute atomic E-state index is 5.55. The van der Waals surface area contributed by atoms with Crippen molar-refractivity contribution < 1.29 is 4.74 Å². The lowest BCUT2D eigenvalue weighted by atomic mass is 10.4. The fraction of sp³-hybridized carbons (Fsp3) is 0.538. The smallest absolute Gasteiger partial charge is 0.323 e. The lowest BCUT2D eigenvalue weighted by molar-refractivity contribution is 0.222. The van der Waals surface area contributed by atoms with Gasteiger partial charge in [-0.15, -0.1) is 0 Å². The lowest BCUT2D eigenvalue weighted by Gasteiger charge is -2.11. The second kappa shape index (κ2) is 6.38. The van der Waals surface area contributed by atoms with Gasteiger partial charge >= 0.3 is 6.01 Å². The van der Waals surface area contributed by atoms with Gasteiger partial charge in [0.15, 0.2) is 0 Å². The number of ether oxygens (including phenoxy) is 1. The molecule has 0 amide bonds. The first kappa shape index (κ1) is 15.0. The van der Waals surface area contributed by atoms with E-state index in [1.54, 1.807) is 4.68 Å². The van der Waals surface area contributed by atoms with E-state index >= 15 is 0 Å².